The number of esters is 1. The van der Waals surface area contributed by atoms with E-state index in [1.54, 1.807) is 10.6 Å². The van der Waals surface area contributed by atoms with Crippen molar-refractivity contribution in [2.75, 3.05) is 12.3 Å². The molecule has 5 unspecified atom stereocenters. The number of ether oxygens (including phenoxy) is 2. The van der Waals surface area contributed by atoms with Crippen LogP contribution in [0.25, 0.3) is 11.2 Å². The number of phosphoric ester groups is 2. The second-order valence-electron chi connectivity index (χ2n) is 8.86. The first-order chi connectivity index (χ1) is 19.7. The van der Waals surface area contributed by atoms with Crippen molar-refractivity contribution in [2.24, 2.45) is 5.92 Å². The number of allylic oxidation sites excluding steroid dienone is 1. The molecule has 22 heteroatoms. The summed E-state index contributed by atoms with van der Waals surface area (Å²) in [6.45, 7) is -0.568. The average Bonchev–Trinajstić information content (AvgIpc) is 3.53. The summed E-state index contributed by atoms with van der Waals surface area (Å²) in [7, 11) is -16.5. The third-order valence-electron chi connectivity index (χ3n) is 5.92. The molecule has 5 N–H and O–H groups in total. The van der Waals surface area contributed by atoms with E-state index in [-0.39, 0.29) is 5.82 Å². The van der Waals surface area contributed by atoms with Crippen LogP contribution in [0.4, 0.5) is 5.82 Å². The number of hydrogen-bond donors (Lipinski definition) is 4. The summed E-state index contributed by atoms with van der Waals surface area (Å²) in [4.78, 5) is 53.6. The van der Waals surface area contributed by atoms with Gasteiger partial charge in [0.05, 0.1) is 25.1 Å². The fraction of sp³-hybridized carbons (Fsp3) is 0.350. The van der Waals surface area contributed by atoms with Crippen LogP contribution in [-0.2, 0) is 45.6 Å². The van der Waals surface area contributed by atoms with Gasteiger partial charge in [0.15, 0.2) is 17.4 Å². The number of carbonyl (C=O) groups excluding carboxylic acids is 1. The number of rotatable bonds is 10. The SMILES string of the molecule is N#CC1C=C2C=CC(OP(=O)(O)OP(=O)(O)OP(=O)(O)OC[C@@H]3CC[C@H](n4cnc5c(N)ncnc54)O3)=CC2OC1=O. The van der Waals surface area contributed by atoms with E-state index >= 15 is 0 Å². The average molecular weight is 646 g/mol. The highest BCUT2D eigenvalue weighted by Crippen LogP contribution is 2.68. The van der Waals surface area contributed by atoms with Gasteiger partial charge >= 0.3 is 29.4 Å². The van der Waals surface area contributed by atoms with Gasteiger partial charge in [-0.2, -0.15) is 13.9 Å². The number of aromatic nitrogens is 4. The summed E-state index contributed by atoms with van der Waals surface area (Å²) in [6.07, 6.45) is 5.89. The fourth-order valence-electron chi connectivity index (χ4n) is 4.16. The van der Waals surface area contributed by atoms with Crippen molar-refractivity contribution in [3.05, 3.63) is 48.3 Å². The van der Waals surface area contributed by atoms with Gasteiger partial charge in [-0.1, -0.05) is 6.08 Å². The molecule has 7 atom stereocenters. The molecule has 0 amide bonds. The van der Waals surface area contributed by atoms with E-state index in [0.29, 0.717) is 29.6 Å². The minimum atomic E-state index is -5.74. The summed E-state index contributed by atoms with van der Waals surface area (Å²) in [6, 6.07) is 1.73. The lowest BCUT2D eigenvalue weighted by molar-refractivity contribution is -0.148. The normalized spacial score (nSPS) is 27.9. The second kappa shape index (κ2) is 11.4. The lowest BCUT2D eigenvalue weighted by atomic mass is 9.96. The van der Waals surface area contributed by atoms with Crippen LogP contribution in [0.15, 0.2) is 48.3 Å². The Balaban J connectivity index is 1.14. The van der Waals surface area contributed by atoms with E-state index in [2.05, 4.69) is 23.6 Å². The molecule has 2 aliphatic heterocycles. The van der Waals surface area contributed by atoms with Gasteiger partial charge in [-0.3, -0.25) is 18.8 Å². The molecule has 19 nitrogen and oxygen atoms in total. The van der Waals surface area contributed by atoms with Crippen molar-refractivity contribution >= 4 is 46.4 Å². The standard InChI is InChI=1S/C20H21N6O13P3/c21-7-12-5-11-1-2-13(6-15(11)36-20(12)27)37-41(30,31)39-42(32,33)38-40(28,29)34-8-14-3-4-16(35-14)26-10-25-17-18(22)23-9-24-19(17)26/h1-2,5-6,9-10,12,14-16H,3-4,8H2,(H,28,29)(H,30,31)(H,32,33)(H2,22,23,24)/t12?,14-,15?,16+/m0/s1. The third-order valence-corrected chi connectivity index (χ3v) is 10.1. The van der Waals surface area contributed by atoms with Crippen molar-refractivity contribution < 1.29 is 60.3 Å². The molecule has 1 fully saturated rings. The summed E-state index contributed by atoms with van der Waals surface area (Å²) >= 11 is 0. The minimum absolute atomic E-state index is 0.172. The molecule has 0 aromatic carbocycles. The number of hydrogen-bond acceptors (Lipinski definition) is 15. The Hall–Kier alpha value is -3.26. The van der Waals surface area contributed by atoms with E-state index in [4.69, 9.17) is 29.5 Å². The molecule has 0 saturated carbocycles. The minimum Gasteiger partial charge on any atom is -0.452 e. The summed E-state index contributed by atoms with van der Waals surface area (Å²) < 4.78 is 67.0. The smallest absolute Gasteiger partial charge is 0.452 e. The van der Waals surface area contributed by atoms with Crippen LogP contribution in [0.3, 0.4) is 0 Å². The number of nitriles is 1. The molecule has 3 aliphatic rings. The molecule has 224 valence electrons. The van der Waals surface area contributed by atoms with Crippen LogP contribution < -0.4 is 5.73 Å². The van der Waals surface area contributed by atoms with Gasteiger partial charge in [-0.25, -0.2) is 28.6 Å². The highest BCUT2D eigenvalue weighted by atomic mass is 31.3. The monoisotopic (exact) mass is 646 g/mol. The van der Waals surface area contributed by atoms with Crippen LogP contribution >= 0.6 is 23.5 Å². The predicted octanol–water partition coefficient (Wildman–Crippen LogP) is 1.90. The number of nitrogens with two attached hydrogens (primary N) is 1. The Morgan fingerprint density at radius 1 is 1.07 bits per heavy atom. The van der Waals surface area contributed by atoms with E-state index in [1.165, 1.54) is 24.8 Å². The molecule has 0 radical (unpaired) electrons. The Labute approximate surface area is 235 Å². The van der Waals surface area contributed by atoms with Crippen LogP contribution in [0.2, 0.25) is 0 Å². The van der Waals surface area contributed by atoms with Crippen molar-refractivity contribution in [1.82, 2.24) is 19.5 Å². The lowest BCUT2D eigenvalue weighted by Crippen LogP contribution is -2.29. The number of nitrogen functional groups attached to an aromatic ring is 1. The zero-order chi connectivity index (χ0) is 30.3. The summed E-state index contributed by atoms with van der Waals surface area (Å²) in [5, 5.41) is 8.95. The first-order valence-electron chi connectivity index (χ1n) is 11.8. The molecule has 2 aromatic heterocycles. The van der Waals surface area contributed by atoms with Gasteiger partial charge in [-0.05, 0) is 30.6 Å². The van der Waals surface area contributed by atoms with Crippen molar-refractivity contribution in [3.8, 4) is 6.07 Å². The number of carbonyl (C=O) groups is 1. The van der Waals surface area contributed by atoms with Gasteiger partial charge < -0.3 is 29.5 Å². The van der Waals surface area contributed by atoms with E-state index in [9.17, 15) is 33.2 Å². The van der Waals surface area contributed by atoms with E-state index in [1.807, 2.05) is 0 Å². The Bertz CT molecular complexity index is 1700. The Morgan fingerprint density at radius 3 is 2.60 bits per heavy atom. The molecule has 0 bridgehead atoms. The summed E-state index contributed by atoms with van der Waals surface area (Å²) in [5.74, 6) is -2.24. The summed E-state index contributed by atoms with van der Waals surface area (Å²) in [5.41, 5.74) is 6.92. The largest absolute Gasteiger partial charge is 0.536 e. The number of imidazole rings is 1. The lowest BCUT2D eigenvalue weighted by Gasteiger charge is -2.26. The highest BCUT2D eigenvalue weighted by Gasteiger charge is 2.44. The predicted molar refractivity (Wildman–Crippen MR) is 136 cm³/mol. The topological polar surface area (TPSA) is 278 Å². The van der Waals surface area contributed by atoms with E-state index in [0.717, 1.165) is 12.2 Å². The molecule has 1 saturated heterocycles. The van der Waals surface area contributed by atoms with Gasteiger partial charge in [0, 0.05) is 6.08 Å². The molecule has 4 heterocycles. The van der Waals surface area contributed by atoms with E-state index < -0.39 is 66.2 Å². The fourth-order valence-corrected chi connectivity index (χ4v) is 7.70. The van der Waals surface area contributed by atoms with Gasteiger partial charge in [0.2, 0.25) is 0 Å². The maximum Gasteiger partial charge on any atom is 0.536 e. The van der Waals surface area contributed by atoms with Crippen LogP contribution in [0.1, 0.15) is 19.1 Å². The van der Waals surface area contributed by atoms with Crippen LogP contribution in [0.5, 0.6) is 0 Å². The second-order valence-corrected chi connectivity index (χ2v) is 13.4. The molecular weight excluding hydrogens is 625 g/mol. The Morgan fingerprint density at radius 2 is 1.83 bits per heavy atom. The van der Waals surface area contributed by atoms with Gasteiger partial charge in [-0.15, -0.1) is 0 Å². The number of fused-ring (bicyclic) bond motifs is 2. The van der Waals surface area contributed by atoms with Crippen molar-refractivity contribution in [3.63, 3.8) is 0 Å². The quantitative estimate of drug-likeness (QED) is 0.212. The molecule has 2 aromatic rings. The van der Waals surface area contributed by atoms with Gasteiger partial charge in [0.1, 0.15) is 29.9 Å². The maximum absolute atomic E-state index is 12.3. The first kappa shape index (κ1) is 30.2. The van der Waals surface area contributed by atoms with Crippen molar-refractivity contribution in [1.29, 1.82) is 5.26 Å². The molecule has 5 rings (SSSR count). The van der Waals surface area contributed by atoms with Crippen molar-refractivity contribution in [2.45, 2.75) is 31.3 Å². The number of phosphoric acid groups is 3. The van der Waals surface area contributed by atoms with Gasteiger partial charge in [0.25, 0.3) is 0 Å². The molecular formula is C20H21N6O13P3. The molecule has 42 heavy (non-hydrogen) atoms. The first-order valence-corrected chi connectivity index (χ1v) is 16.3. The Kier molecular flexibility index (Phi) is 8.23. The molecule has 0 spiro atoms. The third kappa shape index (κ3) is 6.86. The molecule has 1 aliphatic carbocycles. The zero-order valence-electron chi connectivity index (χ0n) is 21.0. The van der Waals surface area contributed by atoms with Crippen LogP contribution in [-0.4, -0.2) is 59.0 Å². The number of anilines is 1. The highest BCUT2D eigenvalue weighted by molar-refractivity contribution is 7.66. The maximum atomic E-state index is 12.3. The number of nitrogens with zero attached hydrogens (tertiary/aromatic N) is 5. The van der Waals surface area contributed by atoms with Crippen LogP contribution in [0, 0.1) is 17.2 Å². The zero-order valence-corrected chi connectivity index (χ0v) is 23.7.